The minimum atomic E-state index is -0.0677. The van der Waals surface area contributed by atoms with Crippen LogP contribution in [-0.4, -0.2) is 30.8 Å². The Balaban J connectivity index is 2.11. The van der Waals surface area contributed by atoms with Crippen molar-refractivity contribution in [3.05, 3.63) is 36.5 Å². The second-order valence-electron chi connectivity index (χ2n) is 3.95. The van der Waals surface area contributed by atoms with E-state index in [1.807, 2.05) is 37.3 Å². The van der Waals surface area contributed by atoms with E-state index >= 15 is 0 Å². The van der Waals surface area contributed by atoms with Gasteiger partial charge in [-0.05, 0) is 31.2 Å². The lowest BCUT2D eigenvalue weighted by Crippen LogP contribution is -2.30. The summed E-state index contributed by atoms with van der Waals surface area (Å²) in [6, 6.07) is 9.73. The number of rotatable bonds is 6. The fourth-order valence-corrected chi connectivity index (χ4v) is 1.80. The van der Waals surface area contributed by atoms with E-state index in [4.69, 9.17) is 15.2 Å². The molecule has 0 fully saturated rings. The number of nitrogens with zero attached hydrogens (tertiary/aromatic N) is 1. The Morgan fingerprint density at radius 3 is 2.94 bits per heavy atom. The molecule has 1 unspecified atom stereocenters. The quantitative estimate of drug-likeness (QED) is 0.846. The minimum Gasteiger partial charge on any atom is -0.490 e. The second-order valence-corrected chi connectivity index (χ2v) is 3.95. The number of pyridine rings is 1. The van der Waals surface area contributed by atoms with Crippen LogP contribution in [0.15, 0.2) is 36.5 Å². The van der Waals surface area contributed by atoms with Gasteiger partial charge in [-0.15, -0.1) is 0 Å². The molecule has 4 heteroatoms. The smallest absolute Gasteiger partial charge is 0.128 e. The third-order valence-electron chi connectivity index (χ3n) is 2.70. The van der Waals surface area contributed by atoms with Crippen LogP contribution < -0.4 is 10.5 Å². The summed E-state index contributed by atoms with van der Waals surface area (Å²) < 4.78 is 11.2. The molecule has 1 aromatic carbocycles. The minimum absolute atomic E-state index is 0.0677. The number of benzene rings is 1. The van der Waals surface area contributed by atoms with E-state index in [2.05, 4.69) is 4.98 Å². The van der Waals surface area contributed by atoms with Gasteiger partial charge in [-0.2, -0.15) is 0 Å². The molecular formula is C14H18N2O2. The number of hydrogen-bond acceptors (Lipinski definition) is 4. The first-order valence-electron chi connectivity index (χ1n) is 6.13. The van der Waals surface area contributed by atoms with E-state index in [1.54, 1.807) is 6.20 Å². The molecule has 1 heterocycles. The molecule has 0 radical (unpaired) electrons. The Morgan fingerprint density at radius 2 is 2.17 bits per heavy atom. The van der Waals surface area contributed by atoms with Crippen molar-refractivity contribution in [2.45, 2.75) is 13.0 Å². The fourth-order valence-electron chi connectivity index (χ4n) is 1.80. The number of fused-ring (bicyclic) bond motifs is 1. The van der Waals surface area contributed by atoms with Crippen LogP contribution >= 0.6 is 0 Å². The number of nitrogens with two attached hydrogens (primary N) is 1. The number of aromatic nitrogens is 1. The molecule has 2 N–H and O–H groups in total. The maximum absolute atomic E-state index is 5.78. The fraction of sp³-hybridized carbons (Fsp3) is 0.357. The van der Waals surface area contributed by atoms with Crippen LogP contribution in [0.25, 0.3) is 10.9 Å². The molecule has 1 atom stereocenters. The predicted molar refractivity (Wildman–Crippen MR) is 71.7 cm³/mol. The van der Waals surface area contributed by atoms with Crippen molar-refractivity contribution in [3.63, 3.8) is 0 Å². The Hall–Kier alpha value is -1.65. The van der Waals surface area contributed by atoms with Gasteiger partial charge >= 0.3 is 0 Å². The standard InChI is InChI=1S/C14H18N2O2/c1-2-17-11(9-15)10-18-14-7-3-6-13-12(14)5-4-8-16-13/h3-8,11H,2,9-10,15H2,1H3. The lowest BCUT2D eigenvalue weighted by Gasteiger charge is -2.16. The first-order valence-corrected chi connectivity index (χ1v) is 6.13. The average molecular weight is 246 g/mol. The molecule has 0 aliphatic carbocycles. The van der Waals surface area contributed by atoms with Crippen molar-refractivity contribution in [2.24, 2.45) is 5.73 Å². The highest BCUT2D eigenvalue weighted by atomic mass is 16.5. The van der Waals surface area contributed by atoms with Crippen LogP contribution in [-0.2, 0) is 4.74 Å². The third-order valence-corrected chi connectivity index (χ3v) is 2.70. The lowest BCUT2D eigenvalue weighted by atomic mass is 10.2. The van der Waals surface area contributed by atoms with Crippen molar-refractivity contribution < 1.29 is 9.47 Å². The molecule has 0 spiro atoms. The van der Waals surface area contributed by atoms with E-state index in [1.165, 1.54) is 0 Å². The van der Waals surface area contributed by atoms with Gasteiger partial charge in [0, 0.05) is 24.7 Å². The molecule has 0 amide bonds. The van der Waals surface area contributed by atoms with Gasteiger partial charge in [-0.1, -0.05) is 6.07 Å². The van der Waals surface area contributed by atoms with Crippen LogP contribution in [0.2, 0.25) is 0 Å². The van der Waals surface area contributed by atoms with Gasteiger partial charge < -0.3 is 15.2 Å². The summed E-state index contributed by atoms with van der Waals surface area (Å²) in [6.07, 6.45) is 1.71. The number of ether oxygens (including phenoxy) is 2. The highest BCUT2D eigenvalue weighted by Crippen LogP contribution is 2.23. The van der Waals surface area contributed by atoms with Crippen molar-refractivity contribution in [3.8, 4) is 5.75 Å². The second kappa shape index (κ2) is 6.33. The zero-order valence-corrected chi connectivity index (χ0v) is 10.5. The summed E-state index contributed by atoms with van der Waals surface area (Å²) in [4.78, 5) is 4.29. The van der Waals surface area contributed by atoms with Crippen molar-refractivity contribution in [2.75, 3.05) is 19.8 Å². The molecule has 18 heavy (non-hydrogen) atoms. The molecule has 4 nitrogen and oxygen atoms in total. The zero-order chi connectivity index (χ0) is 12.8. The van der Waals surface area contributed by atoms with Gasteiger partial charge in [0.05, 0.1) is 5.52 Å². The summed E-state index contributed by atoms with van der Waals surface area (Å²) in [5.74, 6) is 0.818. The van der Waals surface area contributed by atoms with E-state index in [0.29, 0.717) is 19.8 Å². The molecule has 0 saturated heterocycles. The summed E-state index contributed by atoms with van der Waals surface area (Å²) in [5.41, 5.74) is 6.54. The van der Waals surface area contributed by atoms with Crippen molar-refractivity contribution >= 4 is 10.9 Å². The molecule has 96 valence electrons. The van der Waals surface area contributed by atoms with E-state index in [-0.39, 0.29) is 6.10 Å². The van der Waals surface area contributed by atoms with Crippen LogP contribution in [0.4, 0.5) is 0 Å². The Kier molecular flexibility index (Phi) is 4.50. The van der Waals surface area contributed by atoms with Gasteiger partial charge in [0.2, 0.25) is 0 Å². The average Bonchev–Trinajstić information content (AvgIpc) is 2.43. The summed E-state index contributed by atoms with van der Waals surface area (Å²) >= 11 is 0. The summed E-state index contributed by atoms with van der Waals surface area (Å²) in [7, 11) is 0. The molecular weight excluding hydrogens is 228 g/mol. The molecule has 0 saturated carbocycles. The highest BCUT2D eigenvalue weighted by Gasteiger charge is 2.08. The maximum Gasteiger partial charge on any atom is 0.128 e. The van der Waals surface area contributed by atoms with Gasteiger partial charge in [-0.25, -0.2) is 0 Å². The lowest BCUT2D eigenvalue weighted by molar-refractivity contribution is 0.0341. The normalized spacial score (nSPS) is 12.6. The molecule has 0 aliphatic heterocycles. The molecule has 2 rings (SSSR count). The van der Waals surface area contributed by atoms with Crippen molar-refractivity contribution in [1.82, 2.24) is 4.98 Å². The number of hydrogen-bond donors (Lipinski definition) is 1. The van der Waals surface area contributed by atoms with Crippen LogP contribution in [0.5, 0.6) is 5.75 Å². The largest absolute Gasteiger partial charge is 0.490 e. The highest BCUT2D eigenvalue weighted by molar-refractivity contribution is 5.84. The topological polar surface area (TPSA) is 57.4 Å². The van der Waals surface area contributed by atoms with E-state index in [9.17, 15) is 0 Å². The predicted octanol–water partition coefficient (Wildman–Crippen LogP) is 1.98. The molecule has 0 aliphatic rings. The molecule has 0 bridgehead atoms. The zero-order valence-electron chi connectivity index (χ0n) is 10.5. The SMILES string of the molecule is CCOC(CN)COc1cccc2ncccc12. The van der Waals surface area contributed by atoms with Gasteiger partial charge in [0.15, 0.2) is 0 Å². The Labute approximate surface area is 107 Å². The Morgan fingerprint density at radius 1 is 1.28 bits per heavy atom. The summed E-state index contributed by atoms with van der Waals surface area (Å²) in [6.45, 7) is 3.50. The first kappa shape index (κ1) is 12.8. The van der Waals surface area contributed by atoms with E-state index in [0.717, 1.165) is 16.7 Å². The van der Waals surface area contributed by atoms with Crippen LogP contribution in [0.3, 0.4) is 0 Å². The van der Waals surface area contributed by atoms with Gasteiger partial charge in [0.1, 0.15) is 18.5 Å². The molecule has 1 aromatic heterocycles. The van der Waals surface area contributed by atoms with Gasteiger partial charge in [0.25, 0.3) is 0 Å². The summed E-state index contributed by atoms with van der Waals surface area (Å²) in [5, 5.41) is 1.01. The maximum atomic E-state index is 5.78. The van der Waals surface area contributed by atoms with Gasteiger partial charge in [-0.3, -0.25) is 4.98 Å². The monoisotopic (exact) mass is 246 g/mol. The van der Waals surface area contributed by atoms with Crippen LogP contribution in [0.1, 0.15) is 6.92 Å². The molecule has 2 aromatic rings. The first-order chi connectivity index (χ1) is 8.85. The van der Waals surface area contributed by atoms with Crippen LogP contribution in [0, 0.1) is 0 Å². The Bertz CT molecular complexity index is 497. The third kappa shape index (κ3) is 2.97. The van der Waals surface area contributed by atoms with Crippen molar-refractivity contribution in [1.29, 1.82) is 0 Å². The van der Waals surface area contributed by atoms with E-state index < -0.39 is 0 Å².